The van der Waals surface area contributed by atoms with Crippen LogP contribution in [0.5, 0.6) is 0 Å². The molecule has 96 valence electrons. The zero-order chi connectivity index (χ0) is 13.1. The van der Waals surface area contributed by atoms with Crippen LogP contribution in [0.1, 0.15) is 12.7 Å². The van der Waals surface area contributed by atoms with E-state index < -0.39 is 11.6 Å². The first-order chi connectivity index (χ1) is 8.61. The lowest BCUT2D eigenvalue weighted by Crippen LogP contribution is -2.08. The molecule has 0 bridgehead atoms. The maximum Gasteiger partial charge on any atom is 0.149 e. The van der Waals surface area contributed by atoms with Crippen LogP contribution >= 0.6 is 15.9 Å². The molecule has 0 aliphatic heterocycles. The molecule has 2 rings (SSSR count). The van der Waals surface area contributed by atoms with E-state index >= 15 is 0 Å². The summed E-state index contributed by atoms with van der Waals surface area (Å²) in [6.45, 7) is 3.18. The number of halogens is 3. The van der Waals surface area contributed by atoms with Crippen LogP contribution in [0, 0.1) is 11.6 Å². The van der Waals surface area contributed by atoms with Gasteiger partial charge in [-0.1, -0.05) is 0 Å². The Morgan fingerprint density at radius 3 is 2.83 bits per heavy atom. The summed E-state index contributed by atoms with van der Waals surface area (Å²) in [6, 6.07) is 2.22. The summed E-state index contributed by atoms with van der Waals surface area (Å²) in [5, 5.41) is 2.90. The predicted molar refractivity (Wildman–Crippen MR) is 69.3 cm³/mol. The SMILES string of the molecule is CCn1ccnc1CNc1cc(Br)c(F)cc1F. The van der Waals surface area contributed by atoms with E-state index in [1.165, 1.54) is 6.07 Å². The molecule has 3 nitrogen and oxygen atoms in total. The highest BCUT2D eigenvalue weighted by molar-refractivity contribution is 9.10. The molecule has 0 spiro atoms. The van der Waals surface area contributed by atoms with Gasteiger partial charge in [-0.25, -0.2) is 13.8 Å². The Morgan fingerprint density at radius 1 is 1.33 bits per heavy atom. The zero-order valence-electron chi connectivity index (χ0n) is 9.75. The van der Waals surface area contributed by atoms with Crippen LogP contribution in [0.25, 0.3) is 0 Å². The number of hydrogen-bond donors (Lipinski definition) is 1. The minimum atomic E-state index is -0.620. The Bertz CT molecular complexity index is 554. The first-order valence-electron chi connectivity index (χ1n) is 5.50. The van der Waals surface area contributed by atoms with Crippen molar-refractivity contribution in [1.82, 2.24) is 9.55 Å². The summed E-state index contributed by atoms with van der Waals surface area (Å²) in [5.41, 5.74) is 0.244. The first kappa shape index (κ1) is 13.0. The number of imidazole rings is 1. The summed E-state index contributed by atoms with van der Waals surface area (Å²) in [5.74, 6) is -0.434. The fourth-order valence-corrected chi connectivity index (χ4v) is 1.97. The summed E-state index contributed by atoms with van der Waals surface area (Å²) in [4.78, 5) is 4.16. The molecule has 1 N–H and O–H groups in total. The highest BCUT2D eigenvalue weighted by Crippen LogP contribution is 2.23. The fraction of sp³-hybridized carbons (Fsp3) is 0.250. The van der Waals surface area contributed by atoms with E-state index in [1.807, 2.05) is 17.7 Å². The number of benzene rings is 1. The van der Waals surface area contributed by atoms with Crippen molar-refractivity contribution < 1.29 is 8.78 Å². The quantitative estimate of drug-likeness (QED) is 0.874. The van der Waals surface area contributed by atoms with Gasteiger partial charge in [-0.2, -0.15) is 0 Å². The molecule has 0 saturated carbocycles. The third-order valence-electron chi connectivity index (χ3n) is 2.59. The molecular weight excluding hydrogens is 304 g/mol. The molecule has 2 aromatic rings. The highest BCUT2D eigenvalue weighted by Gasteiger charge is 2.09. The van der Waals surface area contributed by atoms with Gasteiger partial charge in [0.15, 0.2) is 0 Å². The second-order valence-electron chi connectivity index (χ2n) is 3.73. The molecular formula is C12H12BrF2N3. The van der Waals surface area contributed by atoms with E-state index in [1.54, 1.807) is 6.20 Å². The maximum absolute atomic E-state index is 13.5. The Hall–Kier alpha value is -1.43. The number of nitrogens with one attached hydrogen (secondary N) is 1. The summed E-state index contributed by atoms with van der Waals surface area (Å²) < 4.78 is 28.7. The van der Waals surface area contributed by atoms with Gasteiger partial charge in [-0.3, -0.25) is 0 Å². The molecule has 0 unspecified atom stereocenters. The van der Waals surface area contributed by atoms with Gasteiger partial charge in [0.2, 0.25) is 0 Å². The molecule has 18 heavy (non-hydrogen) atoms. The van der Waals surface area contributed by atoms with Crippen molar-refractivity contribution >= 4 is 21.6 Å². The Balaban J connectivity index is 2.13. The standard InChI is InChI=1S/C12H12BrF2N3/c1-2-18-4-3-16-12(18)7-17-11-5-8(13)9(14)6-10(11)15/h3-6,17H,2,7H2,1H3. The highest BCUT2D eigenvalue weighted by atomic mass is 79.9. The number of aromatic nitrogens is 2. The maximum atomic E-state index is 13.5. The van der Waals surface area contributed by atoms with E-state index in [0.717, 1.165) is 18.4 Å². The Morgan fingerprint density at radius 2 is 2.11 bits per heavy atom. The molecule has 1 aromatic heterocycles. The van der Waals surface area contributed by atoms with E-state index in [4.69, 9.17) is 0 Å². The topological polar surface area (TPSA) is 29.9 Å². The number of aryl methyl sites for hydroxylation is 1. The third kappa shape index (κ3) is 2.69. The average molecular weight is 316 g/mol. The van der Waals surface area contributed by atoms with Gasteiger partial charge in [0.05, 0.1) is 16.7 Å². The zero-order valence-corrected chi connectivity index (χ0v) is 11.3. The lowest BCUT2D eigenvalue weighted by atomic mass is 10.3. The average Bonchev–Trinajstić information content (AvgIpc) is 2.79. The summed E-state index contributed by atoms with van der Waals surface area (Å²) in [7, 11) is 0. The molecule has 0 saturated heterocycles. The van der Waals surface area contributed by atoms with Gasteiger partial charge in [0.25, 0.3) is 0 Å². The second-order valence-corrected chi connectivity index (χ2v) is 4.58. The van der Waals surface area contributed by atoms with E-state index in [-0.39, 0.29) is 10.2 Å². The van der Waals surface area contributed by atoms with Gasteiger partial charge in [-0.05, 0) is 28.9 Å². The molecule has 0 atom stereocenters. The van der Waals surface area contributed by atoms with Gasteiger partial charge in [0, 0.05) is 25.0 Å². The van der Waals surface area contributed by atoms with Gasteiger partial charge in [-0.15, -0.1) is 0 Å². The monoisotopic (exact) mass is 315 g/mol. The molecule has 0 radical (unpaired) electrons. The minimum absolute atomic E-state index is 0.227. The van der Waals surface area contributed by atoms with Crippen molar-refractivity contribution in [2.24, 2.45) is 0 Å². The van der Waals surface area contributed by atoms with Crippen LogP contribution in [0.3, 0.4) is 0 Å². The van der Waals surface area contributed by atoms with Crippen molar-refractivity contribution in [3.05, 3.63) is 46.5 Å². The predicted octanol–water partition coefficient (Wildman–Crippen LogP) is 3.56. The number of hydrogen-bond acceptors (Lipinski definition) is 2. The van der Waals surface area contributed by atoms with Crippen LogP contribution in [0.4, 0.5) is 14.5 Å². The lowest BCUT2D eigenvalue weighted by molar-refractivity contribution is 0.580. The van der Waals surface area contributed by atoms with Gasteiger partial charge >= 0.3 is 0 Å². The smallest absolute Gasteiger partial charge is 0.149 e. The summed E-state index contributed by atoms with van der Waals surface area (Å²) in [6.07, 6.45) is 3.55. The Kier molecular flexibility index (Phi) is 3.96. The van der Waals surface area contributed by atoms with Crippen LogP contribution < -0.4 is 5.32 Å². The molecule has 0 aliphatic rings. The molecule has 1 heterocycles. The van der Waals surface area contributed by atoms with E-state index in [2.05, 4.69) is 26.2 Å². The largest absolute Gasteiger partial charge is 0.375 e. The molecule has 0 fully saturated rings. The third-order valence-corrected chi connectivity index (χ3v) is 3.20. The fourth-order valence-electron chi connectivity index (χ4n) is 1.63. The van der Waals surface area contributed by atoms with Crippen molar-refractivity contribution in [2.45, 2.75) is 20.0 Å². The lowest BCUT2D eigenvalue weighted by Gasteiger charge is -2.09. The minimum Gasteiger partial charge on any atom is -0.375 e. The van der Waals surface area contributed by atoms with Gasteiger partial charge < -0.3 is 9.88 Å². The molecule has 0 amide bonds. The molecule has 6 heteroatoms. The Labute approximate surface area is 112 Å². The van der Waals surface area contributed by atoms with Crippen LogP contribution in [0.2, 0.25) is 0 Å². The molecule has 1 aromatic carbocycles. The molecule has 0 aliphatic carbocycles. The van der Waals surface area contributed by atoms with Crippen molar-refractivity contribution in [2.75, 3.05) is 5.32 Å². The normalized spacial score (nSPS) is 10.7. The van der Waals surface area contributed by atoms with Crippen molar-refractivity contribution in [3.63, 3.8) is 0 Å². The van der Waals surface area contributed by atoms with Crippen LogP contribution in [-0.2, 0) is 13.1 Å². The van der Waals surface area contributed by atoms with E-state index in [9.17, 15) is 8.78 Å². The van der Waals surface area contributed by atoms with Gasteiger partial charge in [0.1, 0.15) is 17.5 Å². The van der Waals surface area contributed by atoms with Crippen LogP contribution in [-0.4, -0.2) is 9.55 Å². The number of anilines is 1. The van der Waals surface area contributed by atoms with E-state index in [0.29, 0.717) is 6.54 Å². The van der Waals surface area contributed by atoms with Crippen molar-refractivity contribution in [3.8, 4) is 0 Å². The summed E-state index contributed by atoms with van der Waals surface area (Å²) >= 11 is 3.02. The number of rotatable bonds is 4. The van der Waals surface area contributed by atoms with Crippen LogP contribution in [0.15, 0.2) is 29.0 Å². The van der Waals surface area contributed by atoms with Crippen molar-refractivity contribution in [1.29, 1.82) is 0 Å². The number of nitrogens with zero attached hydrogens (tertiary/aromatic N) is 2. The second kappa shape index (κ2) is 5.48. The first-order valence-corrected chi connectivity index (χ1v) is 6.29.